The van der Waals surface area contributed by atoms with E-state index in [4.69, 9.17) is 4.74 Å². The Morgan fingerprint density at radius 2 is 2.40 bits per heavy atom. The normalized spacial score (nSPS) is 21.3. The quantitative estimate of drug-likeness (QED) is 0.559. The van der Waals surface area contributed by atoms with E-state index in [0.717, 1.165) is 12.3 Å². The van der Waals surface area contributed by atoms with Gasteiger partial charge in [0.1, 0.15) is 0 Å². The molecule has 0 saturated carbocycles. The first-order valence-corrected chi connectivity index (χ1v) is 6.95. The Labute approximate surface area is 96.3 Å². The molecule has 3 nitrogen and oxygen atoms in total. The van der Waals surface area contributed by atoms with Crippen LogP contribution < -0.4 is 5.32 Å². The first-order chi connectivity index (χ1) is 7.33. The number of carbonyl (C=O) groups is 1. The van der Waals surface area contributed by atoms with Crippen LogP contribution in [0.3, 0.4) is 0 Å². The maximum absolute atomic E-state index is 11.0. The van der Waals surface area contributed by atoms with Gasteiger partial charge in [0.15, 0.2) is 0 Å². The summed E-state index contributed by atoms with van der Waals surface area (Å²) in [6, 6.07) is 0.674. The molecule has 15 heavy (non-hydrogen) atoms. The van der Waals surface area contributed by atoms with Crippen LogP contribution in [0.4, 0.5) is 0 Å². The van der Waals surface area contributed by atoms with Crippen molar-refractivity contribution in [2.45, 2.75) is 38.6 Å². The highest BCUT2D eigenvalue weighted by atomic mass is 32.2. The van der Waals surface area contributed by atoms with Crippen molar-refractivity contribution in [3.05, 3.63) is 0 Å². The number of hydrogen-bond acceptors (Lipinski definition) is 4. The van der Waals surface area contributed by atoms with Crippen molar-refractivity contribution in [2.75, 3.05) is 24.7 Å². The zero-order chi connectivity index (χ0) is 10.9. The van der Waals surface area contributed by atoms with Crippen LogP contribution in [0.2, 0.25) is 0 Å². The van der Waals surface area contributed by atoms with E-state index in [0.29, 0.717) is 18.4 Å². The van der Waals surface area contributed by atoms with E-state index in [1.165, 1.54) is 25.7 Å². The van der Waals surface area contributed by atoms with Crippen LogP contribution >= 0.6 is 11.8 Å². The van der Waals surface area contributed by atoms with Crippen molar-refractivity contribution in [3.63, 3.8) is 0 Å². The summed E-state index contributed by atoms with van der Waals surface area (Å²) in [5.74, 6) is 1.47. The molecular weight excluding hydrogens is 210 g/mol. The number of carbonyl (C=O) groups excluding carboxylic acids is 1. The van der Waals surface area contributed by atoms with Gasteiger partial charge in [0.05, 0.1) is 12.4 Å². The average Bonchev–Trinajstić information content (AvgIpc) is 2.26. The topological polar surface area (TPSA) is 38.3 Å². The van der Waals surface area contributed by atoms with Gasteiger partial charge in [-0.15, -0.1) is 0 Å². The molecule has 0 aromatic heterocycles. The molecule has 0 bridgehead atoms. The summed E-state index contributed by atoms with van der Waals surface area (Å²) < 4.78 is 4.86. The predicted molar refractivity (Wildman–Crippen MR) is 64.2 cm³/mol. The monoisotopic (exact) mass is 231 g/mol. The van der Waals surface area contributed by atoms with Crippen molar-refractivity contribution in [1.82, 2.24) is 5.32 Å². The Balaban J connectivity index is 1.93. The third-order valence-electron chi connectivity index (χ3n) is 2.55. The van der Waals surface area contributed by atoms with Crippen LogP contribution in [0.25, 0.3) is 0 Å². The summed E-state index contributed by atoms with van der Waals surface area (Å²) in [5.41, 5.74) is 0. The number of nitrogens with one attached hydrogen (secondary N) is 1. The Bertz CT molecular complexity index is 181. The first-order valence-electron chi connectivity index (χ1n) is 5.79. The first kappa shape index (κ1) is 12.8. The van der Waals surface area contributed by atoms with Gasteiger partial charge in [0.25, 0.3) is 0 Å². The molecule has 0 aromatic rings. The van der Waals surface area contributed by atoms with Crippen molar-refractivity contribution in [1.29, 1.82) is 0 Å². The van der Waals surface area contributed by atoms with Crippen LogP contribution in [0, 0.1) is 0 Å². The molecule has 1 atom stereocenters. The van der Waals surface area contributed by atoms with Crippen LogP contribution in [0.5, 0.6) is 0 Å². The molecule has 1 rings (SSSR count). The van der Waals surface area contributed by atoms with Gasteiger partial charge in [0, 0.05) is 6.04 Å². The van der Waals surface area contributed by atoms with Gasteiger partial charge in [0.2, 0.25) is 0 Å². The number of piperidine rings is 1. The van der Waals surface area contributed by atoms with Crippen molar-refractivity contribution in [3.8, 4) is 0 Å². The number of hydrogen-bond donors (Lipinski definition) is 1. The van der Waals surface area contributed by atoms with E-state index in [-0.39, 0.29) is 5.97 Å². The molecule has 4 heteroatoms. The number of thioether (sulfide) groups is 1. The Morgan fingerprint density at radius 1 is 1.53 bits per heavy atom. The Hall–Kier alpha value is -0.220. The molecule has 0 aliphatic carbocycles. The minimum absolute atomic E-state index is 0.0842. The lowest BCUT2D eigenvalue weighted by Gasteiger charge is -2.22. The summed E-state index contributed by atoms with van der Waals surface area (Å²) in [4.78, 5) is 11.0. The van der Waals surface area contributed by atoms with Gasteiger partial charge in [-0.3, -0.25) is 4.79 Å². The van der Waals surface area contributed by atoms with E-state index in [2.05, 4.69) is 5.32 Å². The van der Waals surface area contributed by atoms with E-state index in [1.54, 1.807) is 11.8 Å². The minimum atomic E-state index is -0.0842. The van der Waals surface area contributed by atoms with E-state index < -0.39 is 0 Å². The molecule has 1 saturated heterocycles. The summed E-state index contributed by atoms with van der Waals surface area (Å²) in [6.07, 6.45) is 5.12. The third-order valence-corrected chi connectivity index (χ3v) is 3.51. The van der Waals surface area contributed by atoms with Gasteiger partial charge in [-0.1, -0.05) is 6.42 Å². The van der Waals surface area contributed by atoms with E-state index in [9.17, 15) is 4.79 Å². The lowest BCUT2D eigenvalue weighted by molar-refractivity contribution is -0.139. The maximum Gasteiger partial charge on any atom is 0.315 e. The average molecular weight is 231 g/mol. The summed E-state index contributed by atoms with van der Waals surface area (Å²) >= 11 is 1.68. The smallest absolute Gasteiger partial charge is 0.315 e. The van der Waals surface area contributed by atoms with Crippen LogP contribution in [-0.2, 0) is 9.53 Å². The highest BCUT2D eigenvalue weighted by Crippen LogP contribution is 2.13. The maximum atomic E-state index is 11.0. The third kappa shape index (κ3) is 6.05. The van der Waals surface area contributed by atoms with Crippen LogP contribution in [0.1, 0.15) is 32.6 Å². The standard InChI is InChI=1S/C11H21NO2S/c1-2-14-11(13)9-15-8-6-10-5-3-4-7-12-10/h10,12H,2-9H2,1H3. The zero-order valence-electron chi connectivity index (χ0n) is 9.46. The highest BCUT2D eigenvalue weighted by Gasteiger charge is 2.12. The zero-order valence-corrected chi connectivity index (χ0v) is 10.3. The molecular formula is C11H21NO2S. The van der Waals surface area contributed by atoms with Crippen molar-refractivity contribution < 1.29 is 9.53 Å². The molecule has 88 valence electrons. The molecule has 1 aliphatic rings. The van der Waals surface area contributed by atoms with Gasteiger partial charge < -0.3 is 10.1 Å². The van der Waals surface area contributed by atoms with Gasteiger partial charge >= 0.3 is 5.97 Å². The Kier molecular flexibility index (Phi) is 6.85. The van der Waals surface area contributed by atoms with Crippen molar-refractivity contribution in [2.24, 2.45) is 0 Å². The molecule has 1 N–H and O–H groups in total. The molecule has 1 unspecified atom stereocenters. The highest BCUT2D eigenvalue weighted by molar-refractivity contribution is 7.99. The lowest BCUT2D eigenvalue weighted by atomic mass is 10.0. The largest absolute Gasteiger partial charge is 0.465 e. The van der Waals surface area contributed by atoms with Crippen LogP contribution in [0.15, 0.2) is 0 Å². The SMILES string of the molecule is CCOC(=O)CSCCC1CCCCN1. The lowest BCUT2D eigenvalue weighted by Crippen LogP contribution is -2.34. The number of rotatable bonds is 6. The van der Waals surface area contributed by atoms with Crippen LogP contribution in [-0.4, -0.2) is 36.7 Å². The molecule has 0 aromatic carbocycles. The number of ether oxygens (including phenoxy) is 1. The Morgan fingerprint density at radius 3 is 3.07 bits per heavy atom. The fraction of sp³-hybridized carbons (Fsp3) is 0.909. The van der Waals surface area contributed by atoms with E-state index >= 15 is 0 Å². The summed E-state index contributed by atoms with van der Waals surface area (Å²) in [5, 5.41) is 3.50. The second-order valence-corrected chi connectivity index (χ2v) is 4.90. The second-order valence-electron chi connectivity index (χ2n) is 3.79. The van der Waals surface area contributed by atoms with Gasteiger partial charge in [-0.05, 0) is 38.5 Å². The van der Waals surface area contributed by atoms with E-state index in [1.807, 2.05) is 6.92 Å². The fourth-order valence-electron chi connectivity index (χ4n) is 1.75. The summed E-state index contributed by atoms with van der Waals surface area (Å²) in [6.45, 7) is 3.49. The molecule has 0 amide bonds. The van der Waals surface area contributed by atoms with Gasteiger partial charge in [-0.25, -0.2) is 0 Å². The minimum Gasteiger partial charge on any atom is -0.465 e. The predicted octanol–water partition coefficient (Wildman–Crippen LogP) is 1.81. The summed E-state index contributed by atoms with van der Waals surface area (Å²) in [7, 11) is 0. The molecule has 0 radical (unpaired) electrons. The second kappa shape index (κ2) is 7.99. The van der Waals surface area contributed by atoms with Crippen molar-refractivity contribution >= 4 is 17.7 Å². The molecule has 1 aliphatic heterocycles. The number of esters is 1. The molecule has 1 heterocycles. The molecule has 0 spiro atoms. The van der Waals surface area contributed by atoms with Gasteiger partial charge in [-0.2, -0.15) is 11.8 Å². The molecule has 1 fully saturated rings. The fourth-order valence-corrected chi connectivity index (χ4v) is 2.60.